The molecule has 0 saturated carbocycles. The number of ether oxygens (including phenoxy) is 5. The van der Waals surface area contributed by atoms with Crippen molar-refractivity contribution in [2.24, 2.45) is 5.92 Å². The quantitative estimate of drug-likeness (QED) is 0.0354. The molecule has 0 radical (unpaired) electrons. The van der Waals surface area contributed by atoms with Crippen molar-refractivity contribution >= 4 is 31.4 Å². The van der Waals surface area contributed by atoms with Crippen molar-refractivity contribution in [3.8, 4) is 17.6 Å². The molecule has 2 saturated heterocycles. The average molecular weight is 912 g/mol. The number of anilines is 1. The summed E-state index contributed by atoms with van der Waals surface area (Å²) in [5, 5.41) is 12.5. The molecule has 2 fully saturated rings. The molecule has 0 aliphatic carbocycles. The highest BCUT2D eigenvalue weighted by molar-refractivity contribution is 7.44. The van der Waals surface area contributed by atoms with Crippen LogP contribution in [0.25, 0.3) is 11.2 Å². The van der Waals surface area contributed by atoms with E-state index in [2.05, 4.69) is 60.3 Å². The highest BCUT2D eigenvalue weighted by Crippen LogP contribution is 2.58. The van der Waals surface area contributed by atoms with Gasteiger partial charge in [0.1, 0.15) is 42.4 Å². The number of methoxy groups -OCH3 is 2. The molecule has 8 rings (SSSR count). The monoisotopic (exact) mass is 911 g/mol. The zero-order chi connectivity index (χ0) is 46.4. The lowest BCUT2D eigenvalue weighted by molar-refractivity contribution is -0.290. The zero-order valence-electron chi connectivity index (χ0n) is 37.9. The number of carbonyl (C=O) groups is 1. The van der Waals surface area contributed by atoms with E-state index in [4.69, 9.17) is 37.7 Å². The maximum Gasteiger partial charge on any atom is 0.259 e. The number of rotatable bonds is 19. The summed E-state index contributed by atoms with van der Waals surface area (Å²) in [7, 11) is 1.43. The van der Waals surface area contributed by atoms with E-state index < -0.39 is 38.2 Å². The molecule has 4 heterocycles. The standard InChI is InChI=1S/C50H54N7O8P/c1-33(2)57(34(3)4)66(63-28-14-27-51)65-44-42-35(5)29-61-49(44,64-48(42)56-32-54-43-45(52-31-53-46(43)56)55-47(58)36-15-10-8-11-16-36)30-62-50(37-17-12-9-13-18-37,38-19-23-40(59-6)24-20-38)39-21-25-41(60-7)26-22-39/h8-13,15-26,31-34,42,44,48H,5,14,28-30H2,1-4,6-7H3,(H,52,53,55,58)/t42-,44+,48-,49-,66?/m1/s1. The van der Waals surface area contributed by atoms with E-state index >= 15 is 0 Å². The van der Waals surface area contributed by atoms with Crippen LogP contribution in [0.5, 0.6) is 11.5 Å². The summed E-state index contributed by atoms with van der Waals surface area (Å²) in [5.74, 6) is -0.890. The molecule has 2 aliphatic heterocycles. The van der Waals surface area contributed by atoms with Gasteiger partial charge in [-0.2, -0.15) is 5.26 Å². The number of fused-ring (bicyclic) bond motifs is 3. The SMILES string of the molecule is C=C1CO[C@]2(COC(c3ccccc3)(c3ccc(OC)cc3)c3ccc(OC)cc3)O[C@@H](n3cnc4c(NC(=O)c5ccccc5)ncnc43)[C@H]1[C@@H]2OP(OCCC#N)N(C(C)C)C(C)C. The van der Waals surface area contributed by atoms with Gasteiger partial charge in [-0.15, -0.1) is 0 Å². The third-order valence-electron chi connectivity index (χ3n) is 11.8. The van der Waals surface area contributed by atoms with Crippen molar-refractivity contribution in [2.45, 2.75) is 69.9 Å². The Balaban J connectivity index is 1.27. The van der Waals surface area contributed by atoms with Crippen LogP contribution in [0.1, 0.15) is 67.4 Å². The Bertz CT molecular complexity index is 2590. The fourth-order valence-corrected chi connectivity index (χ4v) is 10.5. The van der Waals surface area contributed by atoms with Gasteiger partial charge in [-0.1, -0.05) is 79.4 Å². The lowest BCUT2D eigenvalue weighted by atomic mass is 9.79. The molecule has 342 valence electrons. The first-order valence-electron chi connectivity index (χ1n) is 21.8. The van der Waals surface area contributed by atoms with Crippen LogP contribution in [0.2, 0.25) is 0 Å². The van der Waals surface area contributed by atoms with Crippen LogP contribution >= 0.6 is 8.53 Å². The van der Waals surface area contributed by atoms with E-state index in [0.717, 1.165) is 16.7 Å². The molecule has 2 aliphatic rings. The Morgan fingerprint density at radius 3 is 2.11 bits per heavy atom. The minimum atomic E-state index is -1.83. The first-order chi connectivity index (χ1) is 32.0. The second-order valence-electron chi connectivity index (χ2n) is 16.5. The molecular formula is C50H54N7O8P. The van der Waals surface area contributed by atoms with Gasteiger partial charge in [0.05, 0.1) is 52.2 Å². The van der Waals surface area contributed by atoms with Crippen LogP contribution in [0.15, 0.2) is 134 Å². The molecule has 6 aromatic rings. The van der Waals surface area contributed by atoms with Gasteiger partial charge >= 0.3 is 0 Å². The number of aromatic nitrogens is 4. The molecule has 1 unspecified atom stereocenters. The lowest BCUT2D eigenvalue weighted by Gasteiger charge is -2.45. The van der Waals surface area contributed by atoms with Gasteiger partial charge < -0.3 is 38.0 Å². The number of nitriles is 1. The van der Waals surface area contributed by atoms with Crippen molar-refractivity contribution in [2.75, 3.05) is 39.4 Å². The third kappa shape index (κ3) is 9.06. The summed E-state index contributed by atoms with van der Waals surface area (Å²) in [6.07, 6.45) is 1.44. The minimum Gasteiger partial charge on any atom is -0.497 e. The first-order valence-corrected chi connectivity index (χ1v) is 22.9. The molecule has 66 heavy (non-hydrogen) atoms. The van der Waals surface area contributed by atoms with E-state index in [1.54, 1.807) is 49.4 Å². The number of benzene rings is 4. The van der Waals surface area contributed by atoms with Crippen molar-refractivity contribution in [3.63, 3.8) is 0 Å². The number of hydrogen-bond acceptors (Lipinski definition) is 13. The maximum absolute atomic E-state index is 13.3. The summed E-state index contributed by atoms with van der Waals surface area (Å²) in [6.45, 7) is 13.0. The molecule has 1 amide bonds. The minimum absolute atomic E-state index is 0.00200. The first kappa shape index (κ1) is 46.4. The lowest BCUT2D eigenvalue weighted by Crippen LogP contribution is -2.54. The van der Waals surface area contributed by atoms with Crippen LogP contribution in [0.3, 0.4) is 0 Å². The Hall–Kier alpha value is -6.08. The van der Waals surface area contributed by atoms with E-state index in [1.807, 2.05) is 84.9 Å². The summed E-state index contributed by atoms with van der Waals surface area (Å²) >= 11 is 0. The Morgan fingerprint density at radius 2 is 1.52 bits per heavy atom. The topological polar surface area (TPSA) is 164 Å². The van der Waals surface area contributed by atoms with Crippen LogP contribution < -0.4 is 14.8 Å². The Morgan fingerprint density at radius 1 is 0.909 bits per heavy atom. The second kappa shape index (κ2) is 20.2. The van der Waals surface area contributed by atoms with Crippen LogP contribution in [0, 0.1) is 17.2 Å². The van der Waals surface area contributed by atoms with Crippen molar-refractivity contribution in [1.82, 2.24) is 24.2 Å². The normalized spacial score (nSPS) is 19.9. The smallest absolute Gasteiger partial charge is 0.259 e. The molecule has 2 aromatic heterocycles. The Labute approximate surface area is 386 Å². The van der Waals surface area contributed by atoms with Crippen LogP contribution in [-0.4, -0.2) is 88.1 Å². The summed E-state index contributed by atoms with van der Waals surface area (Å²) in [6, 6.07) is 36.6. The molecule has 5 atom stereocenters. The van der Waals surface area contributed by atoms with Crippen LogP contribution in [-0.2, 0) is 28.9 Å². The number of nitrogens with zero attached hydrogens (tertiary/aromatic N) is 6. The average Bonchev–Trinajstić information content (AvgIpc) is 3.87. The van der Waals surface area contributed by atoms with Crippen molar-refractivity contribution in [1.29, 1.82) is 5.26 Å². The molecule has 0 spiro atoms. The third-order valence-corrected chi connectivity index (χ3v) is 13.9. The summed E-state index contributed by atoms with van der Waals surface area (Å²) < 4.78 is 50.7. The number of imidazole rings is 1. The number of carbonyl (C=O) groups excluding carboxylic acids is 1. The summed E-state index contributed by atoms with van der Waals surface area (Å²) in [5.41, 5.74) is 3.16. The number of amides is 1. The van der Waals surface area contributed by atoms with E-state index in [9.17, 15) is 10.1 Å². The molecule has 4 aromatic carbocycles. The highest BCUT2D eigenvalue weighted by Gasteiger charge is 2.64. The van der Waals surface area contributed by atoms with Crippen LogP contribution in [0.4, 0.5) is 5.82 Å². The Kier molecular flexibility index (Phi) is 14.2. The number of hydrogen-bond donors (Lipinski definition) is 1. The highest BCUT2D eigenvalue weighted by atomic mass is 31.2. The largest absolute Gasteiger partial charge is 0.497 e. The second-order valence-corrected chi connectivity index (χ2v) is 17.9. The molecule has 15 nitrogen and oxygen atoms in total. The van der Waals surface area contributed by atoms with Crippen molar-refractivity contribution < 1.29 is 37.5 Å². The summed E-state index contributed by atoms with van der Waals surface area (Å²) in [4.78, 5) is 27.1. The molecule has 16 heteroatoms. The fraction of sp³-hybridized carbons (Fsp3) is 0.340. The van der Waals surface area contributed by atoms with Crippen molar-refractivity contribution in [3.05, 3.63) is 156 Å². The van der Waals surface area contributed by atoms with Gasteiger partial charge in [-0.05, 0) is 86.4 Å². The van der Waals surface area contributed by atoms with E-state index in [0.29, 0.717) is 33.8 Å². The fourth-order valence-electron chi connectivity index (χ4n) is 8.72. The molecule has 2 bridgehead atoms. The van der Waals surface area contributed by atoms with Gasteiger partial charge in [0.25, 0.3) is 14.4 Å². The molecule has 1 N–H and O–H groups in total. The zero-order valence-corrected chi connectivity index (χ0v) is 38.8. The maximum atomic E-state index is 13.3. The predicted molar refractivity (Wildman–Crippen MR) is 250 cm³/mol. The van der Waals surface area contributed by atoms with E-state index in [-0.39, 0.29) is 50.1 Å². The van der Waals surface area contributed by atoms with Gasteiger partial charge in [0.2, 0.25) is 5.79 Å². The number of nitrogens with one attached hydrogen (secondary N) is 1. The van der Waals surface area contributed by atoms with Gasteiger partial charge in [0, 0.05) is 17.6 Å². The predicted octanol–water partition coefficient (Wildman–Crippen LogP) is 9.19. The van der Waals surface area contributed by atoms with Gasteiger partial charge in [0.15, 0.2) is 17.0 Å². The molecular weight excluding hydrogens is 858 g/mol. The van der Waals surface area contributed by atoms with Gasteiger partial charge in [-0.3, -0.25) is 9.36 Å². The van der Waals surface area contributed by atoms with E-state index in [1.165, 1.54) is 6.33 Å². The van der Waals surface area contributed by atoms with Gasteiger partial charge in [-0.25, -0.2) is 19.6 Å².